The van der Waals surface area contributed by atoms with Gasteiger partial charge >= 0.3 is 5.97 Å². The molecule has 0 bridgehead atoms. The molecule has 0 spiro atoms. The molecule has 2 aromatic rings. The minimum absolute atomic E-state index is 0.306. The number of hydrogen-bond acceptors (Lipinski definition) is 6. The highest BCUT2D eigenvalue weighted by Gasteiger charge is 2.16. The van der Waals surface area contributed by atoms with Crippen molar-refractivity contribution < 1.29 is 14.3 Å². The Balaban J connectivity index is 1.67. The normalized spacial score (nSPS) is 14.4. The van der Waals surface area contributed by atoms with Gasteiger partial charge in [-0.25, -0.2) is 14.8 Å². The van der Waals surface area contributed by atoms with Crippen LogP contribution in [0.25, 0.3) is 0 Å². The molecular formula is C21H26N4O3. The summed E-state index contributed by atoms with van der Waals surface area (Å²) >= 11 is 0. The Kier molecular flexibility index (Phi) is 6.57. The first-order valence-electron chi connectivity index (χ1n) is 9.76. The second kappa shape index (κ2) is 9.30. The SMILES string of the molecule is CCOC(=O)c1ccc(NC(=O)c2cc(NC3CCCCC3)nc(C)n2)cc1. The quantitative estimate of drug-likeness (QED) is 0.735. The average molecular weight is 382 g/mol. The van der Waals surface area contributed by atoms with Crippen LogP contribution in [-0.2, 0) is 4.74 Å². The predicted octanol–water partition coefficient (Wildman–Crippen LogP) is 3.96. The molecule has 1 saturated carbocycles. The van der Waals surface area contributed by atoms with Gasteiger partial charge in [-0.3, -0.25) is 4.79 Å². The fourth-order valence-corrected chi connectivity index (χ4v) is 3.31. The molecule has 0 aliphatic heterocycles. The van der Waals surface area contributed by atoms with Crippen molar-refractivity contribution in [1.29, 1.82) is 0 Å². The molecule has 0 unspecified atom stereocenters. The van der Waals surface area contributed by atoms with Crippen LogP contribution in [0.15, 0.2) is 30.3 Å². The lowest BCUT2D eigenvalue weighted by molar-refractivity contribution is 0.0526. The number of aryl methyl sites for hydroxylation is 1. The Labute approximate surface area is 164 Å². The molecule has 1 heterocycles. The number of aromatic nitrogens is 2. The van der Waals surface area contributed by atoms with Gasteiger partial charge in [0.05, 0.1) is 12.2 Å². The highest BCUT2D eigenvalue weighted by molar-refractivity contribution is 6.03. The summed E-state index contributed by atoms with van der Waals surface area (Å²) in [7, 11) is 0. The Morgan fingerprint density at radius 2 is 1.82 bits per heavy atom. The van der Waals surface area contributed by atoms with E-state index in [1.807, 2.05) is 0 Å². The number of anilines is 2. The molecular weight excluding hydrogens is 356 g/mol. The number of amides is 1. The minimum Gasteiger partial charge on any atom is -0.462 e. The number of esters is 1. The number of carbonyl (C=O) groups excluding carboxylic acids is 2. The number of nitrogens with one attached hydrogen (secondary N) is 2. The monoisotopic (exact) mass is 382 g/mol. The zero-order valence-electron chi connectivity index (χ0n) is 16.3. The van der Waals surface area contributed by atoms with Gasteiger partial charge in [0.1, 0.15) is 17.3 Å². The van der Waals surface area contributed by atoms with Gasteiger partial charge in [0, 0.05) is 17.8 Å². The Morgan fingerprint density at radius 1 is 1.11 bits per heavy atom. The number of ether oxygens (including phenoxy) is 1. The van der Waals surface area contributed by atoms with Gasteiger partial charge in [0.2, 0.25) is 0 Å². The number of rotatable bonds is 6. The van der Waals surface area contributed by atoms with Crippen LogP contribution in [0.5, 0.6) is 0 Å². The zero-order chi connectivity index (χ0) is 19.9. The topological polar surface area (TPSA) is 93.2 Å². The summed E-state index contributed by atoms with van der Waals surface area (Å²) in [5.74, 6) is 0.525. The molecule has 1 fully saturated rings. The van der Waals surface area contributed by atoms with Crippen LogP contribution in [0.3, 0.4) is 0 Å². The van der Waals surface area contributed by atoms with Crippen LogP contribution >= 0.6 is 0 Å². The highest BCUT2D eigenvalue weighted by Crippen LogP contribution is 2.21. The van der Waals surface area contributed by atoms with Crippen molar-refractivity contribution in [2.75, 3.05) is 17.2 Å². The summed E-state index contributed by atoms with van der Waals surface area (Å²) in [6.45, 7) is 3.85. The summed E-state index contributed by atoms with van der Waals surface area (Å²) in [5.41, 5.74) is 1.33. The Hall–Kier alpha value is -2.96. The van der Waals surface area contributed by atoms with E-state index >= 15 is 0 Å². The van der Waals surface area contributed by atoms with Crippen LogP contribution in [0.2, 0.25) is 0 Å². The van der Waals surface area contributed by atoms with E-state index in [-0.39, 0.29) is 11.9 Å². The van der Waals surface area contributed by atoms with Crippen LogP contribution in [-0.4, -0.2) is 34.5 Å². The number of benzene rings is 1. The van der Waals surface area contributed by atoms with E-state index in [9.17, 15) is 9.59 Å². The van der Waals surface area contributed by atoms with Crippen molar-refractivity contribution in [1.82, 2.24) is 9.97 Å². The van der Waals surface area contributed by atoms with Crippen molar-refractivity contribution in [3.63, 3.8) is 0 Å². The van der Waals surface area contributed by atoms with Crippen molar-refractivity contribution in [3.05, 3.63) is 47.4 Å². The molecule has 1 aliphatic rings. The third-order valence-electron chi connectivity index (χ3n) is 4.68. The summed E-state index contributed by atoms with van der Waals surface area (Å²) in [6, 6.07) is 8.65. The molecule has 28 heavy (non-hydrogen) atoms. The van der Waals surface area contributed by atoms with Gasteiger partial charge in [-0.2, -0.15) is 0 Å². The summed E-state index contributed by atoms with van der Waals surface area (Å²) in [4.78, 5) is 33.0. The van der Waals surface area contributed by atoms with Crippen LogP contribution < -0.4 is 10.6 Å². The lowest BCUT2D eigenvalue weighted by atomic mass is 9.95. The molecule has 0 saturated heterocycles. The fraction of sp³-hybridized carbons (Fsp3) is 0.429. The van der Waals surface area contributed by atoms with Gasteiger partial charge in [-0.05, 0) is 51.0 Å². The van der Waals surface area contributed by atoms with E-state index in [0.717, 1.165) is 12.8 Å². The van der Waals surface area contributed by atoms with E-state index < -0.39 is 0 Å². The first kappa shape index (κ1) is 19.8. The molecule has 7 nitrogen and oxygen atoms in total. The standard InChI is InChI=1S/C21H26N4O3/c1-3-28-21(27)15-9-11-17(12-10-15)25-20(26)18-13-19(23-14(2)22-18)24-16-7-5-4-6-8-16/h9-13,16H,3-8H2,1-2H3,(H,25,26)(H,22,23,24). The molecule has 2 N–H and O–H groups in total. The first-order chi connectivity index (χ1) is 13.5. The van der Waals surface area contributed by atoms with Crippen molar-refractivity contribution in [3.8, 4) is 0 Å². The summed E-state index contributed by atoms with van der Waals surface area (Å²) in [5, 5.41) is 6.24. The summed E-state index contributed by atoms with van der Waals surface area (Å²) < 4.78 is 4.96. The number of carbonyl (C=O) groups is 2. The second-order valence-electron chi connectivity index (χ2n) is 6.92. The fourth-order valence-electron chi connectivity index (χ4n) is 3.31. The third-order valence-corrected chi connectivity index (χ3v) is 4.68. The first-order valence-corrected chi connectivity index (χ1v) is 9.76. The van der Waals surface area contributed by atoms with Crippen molar-refractivity contribution >= 4 is 23.4 Å². The van der Waals surface area contributed by atoms with Crippen molar-refractivity contribution in [2.24, 2.45) is 0 Å². The Morgan fingerprint density at radius 3 is 2.50 bits per heavy atom. The lowest BCUT2D eigenvalue weighted by Crippen LogP contribution is -2.24. The molecule has 148 valence electrons. The molecule has 1 amide bonds. The molecule has 1 aromatic carbocycles. The van der Waals surface area contributed by atoms with Crippen LogP contribution in [0.4, 0.5) is 11.5 Å². The molecule has 3 rings (SSSR count). The van der Waals surface area contributed by atoms with Crippen LogP contribution in [0, 0.1) is 6.92 Å². The molecule has 1 aromatic heterocycles. The molecule has 0 atom stereocenters. The maximum Gasteiger partial charge on any atom is 0.338 e. The van der Waals surface area contributed by atoms with E-state index in [1.54, 1.807) is 44.2 Å². The van der Waals surface area contributed by atoms with E-state index in [1.165, 1.54) is 19.3 Å². The molecule has 1 aliphatic carbocycles. The second-order valence-corrected chi connectivity index (χ2v) is 6.92. The number of hydrogen-bond donors (Lipinski definition) is 2. The largest absolute Gasteiger partial charge is 0.462 e. The third kappa shape index (κ3) is 5.28. The van der Waals surface area contributed by atoms with Gasteiger partial charge in [-0.15, -0.1) is 0 Å². The van der Waals surface area contributed by atoms with Gasteiger partial charge < -0.3 is 15.4 Å². The summed E-state index contributed by atoms with van der Waals surface area (Å²) in [6.07, 6.45) is 5.96. The van der Waals surface area contributed by atoms with Crippen LogP contribution in [0.1, 0.15) is 65.7 Å². The van der Waals surface area contributed by atoms with E-state index in [2.05, 4.69) is 20.6 Å². The highest BCUT2D eigenvalue weighted by atomic mass is 16.5. The maximum absolute atomic E-state index is 12.6. The number of nitrogens with zero attached hydrogens (tertiary/aromatic N) is 2. The lowest BCUT2D eigenvalue weighted by Gasteiger charge is -2.23. The smallest absolute Gasteiger partial charge is 0.338 e. The van der Waals surface area contributed by atoms with E-state index in [4.69, 9.17) is 4.74 Å². The van der Waals surface area contributed by atoms with Gasteiger partial charge in [0.25, 0.3) is 5.91 Å². The maximum atomic E-state index is 12.6. The van der Waals surface area contributed by atoms with E-state index in [0.29, 0.717) is 41.2 Å². The zero-order valence-corrected chi connectivity index (χ0v) is 16.3. The van der Waals surface area contributed by atoms with Gasteiger partial charge in [-0.1, -0.05) is 19.3 Å². The predicted molar refractivity (Wildman–Crippen MR) is 108 cm³/mol. The Bertz CT molecular complexity index is 830. The molecule has 7 heteroatoms. The minimum atomic E-state index is -0.384. The van der Waals surface area contributed by atoms with Gasteiger partial charge in [0.15, 0.2) is 0 Å². The molecule has 0 radical (unpaired) electrons. The average Bonchev–Trinajstić information content (AvgIpc) is 2.69. The van der Waals surface area contributed by atoms with Crippen molar-refractivity contribution in [2.45, 2.75) is 52.0 Å².